The highest BCUT2D eigenvalue weighted by atomic mass is 32.1. The SMILES string of the molecule is CN1CC2CC1CN2CCCNC(=O)c1cc2ccccc2s1.O=C(O)CCC(=O)O. The number of piperazine rings is 1. The smallest absolute Gasteiger partial charge is 0.303 e. The summed E-state index contributed by atoms with van der Waals surface area (Å²) in [5.41, 5.74) is 0. The number of nitrogens with zero attached hydrogens (tertiary/aromatic N) is 2. The first kappa shape index (κ1) is 23.2. The molecule has 2 aliphatic rings. The van der Waals surface area contributed by atoms with Crippen LogP contribution < -0.4 is 5.32 Å². The van der Waals surface area contributed by atoms with Gasteiger partial charge in [-0.25, -0.2) is 0 Å². The molecule has 2 unspecified atom stereocenters. The van der Waals surface area contributed by atoms with Gasteiger partial charge in [0.2, 0.25) is 0 Å². The zero-order valence-corrected chi connectivity index (χ0v) is 18.4. The van der Waals surface area contributed by atoms with Crippen LogP contribution in [-0.2, 0) is 9.59 Å². The summed E-state index contributed by atoms with van der Waals surface area (Å²) in [5, 5.41) is 20.0. The second kappa shape index (κ2) is 10.7. The van der Waals surface area contributed by atoms with Crippen LogP contribution in [0.1, 0.15) is 35.4 Å². The van der Waals surface area contributed by atoms with E-state index < -0.39 is 11.9 Å². The van der Waals surface area contributed by atoms with Gasteiger partial charge in [-0.1, -0.05) is 18.2 Å². The molecule has 1 amide bonds. The standard InChI is InChI=1S/C18H23N3OS.C4H6O4/c1-20-11-15-10-14(20)12-21(15)8-4-7-19-18(22)17-9-13-5-2-3-6-16(13)23-17;5-3(6)1-2-4(7)8/h2-3,5-6,9,14-15H,4,7-8,10-12H2,1H3,(H,19,22);1-2H2,(H,5,6)(H,7,8). The molecular formula is C22H29N3O5S. The van der Waals surface area contributed by atoms with Crippen LogP contribution in [0.2, 0.25) is 0 Å². The molecule has 3 N–H and O–H groups in total. The molecular weight excluding hydrogens is 418 g/mol. The third-order valence-electron chi connectivity index (χ3n) is 5.74. The molecule has 2 aromatic rings. The number of benzene rings is 1. The molecule has 168 valence electrons. The van der Waals surface area contributed by atoms with E-state index in [1.54, 1.807) is 11.3 Å². The number of hydrogen-bond donors (Lipinski definition) is 3. The Kier molecular flexibility index (Phi) is 8.00. The van der Waals surface area contributed by atoms with Crippen molar-refractivity contribution in [2.45, 2.75) is 37.8 Å². The van der Waals surface area contributed by atoms with E-state index in [1.807, 2.05) is 18.2 Å². The molecule has 0 spiro atoms. The van der Waals surface area contributed by atoms with E-state index in [2.05, 4.69) is 34.3 Å². The van der Waals surface area contributed by atoms with E-state index in [0.717, 1.165) is 41.9 Å². The molecule has 9 heteroatoms. The summed E-state index contributed by atoms with van der Waals surface area (Å²) in [6, 6.07) is 11.6. The van der Waals surface area contributed by atoms with Gasteiger partial charge in [-0.2, -0.15) is 0 Å². The lowest BCUT2D eigenvalue weighted by molar-refractivity contribution is -0.143. The molecule has 8 nitrogen and oxygen atoms in total. The summed E-state index contributed by atoms with van der Waals surface area (Å²) in [5.74, 6) is -2.09. The molecule has 2 aliphatic heterocycles. The maximum absolute atomic E-state index is 12.3. The van der Waals surface area contributed by atoms with Crippen LogP contribution >= 0.6 is 11.3 Å². The van der Waals surface area contributed by atoms with Gasteiger partial charge in [0.1, 0.15) is 0 Å². The Balaban J connectivity index is 0.000000293. The molecule has 0 aliphatic carbocycles. The van der Waals surface area contributed by atoms with Crippen molar-refractivity contribution in [3.05, 3.63) is 35.2 Å². The van der Waals surface area contributed by atoms with E-state index in [0.29, 0.717) is 0 Å². The van der Waals surface area contributed by atoms with E-state index in [-0.39, 0.29) is 18.7 Å². The topological polar surface area (TPSA) is 110 Å². The number of carbonyl (C=O) groups excluding carboxylic acids is 1. The highest BCUT2D eigenvalue weighted by molar-refractivity contribution is 7.20. The van der Waals surface area contributed by atoms with Crippen molar-refractivity contribution in [2.24, 2.45) is 0 Å². The minimum absolute atomic E-state index is 0.0638. The first-order valence-electron chi connectivity index (χ1n) is 10.5. The molecule has 31 heavy (non-hydrogen) atoms. The molecule has 1 aromatic carbocycles. The largest absolute Gasteiger partial charge is 0.481 e. The molecule has 0 saturated carbocycles. The Morgan fingerprint density at radius 1 is 1.10 bits per heavy atom. The Hall–Kier alpha value is -2.49. The van der Waals surface area contributed by atoms with Crippen molar-refractivity contribution >= 4 is 39.3 Å². The monoisotopic (exact) mass is 447 g/mol. The van der Waals surface area contributed by atoms with Gasteiger partial charge in [0, 0.05) is 43.0 Å². The van der Waals surface area contributed by atoms with Crippen molar-refractivity contribution < 1.29 is 24.6 Å². The van der Waals surface area contributed by atoms with Crippen molar-refractivity contribution in [3.8, 4) is 0 Å². The Morgan fingerprint density at radius 2 is 1.81 bits per heavy atom. The minimum Gasteiger partial charge on any atom is -0.481 e. The summed E-state index contributed by atoms with van der Waals surface area (Å²) < 4.78 is 1.18. The van der Waals surface area contributed by atoms with E-state index in [1.165, 1.54) is 24.2 Å². The number of nitrogens with one attached hydrogen (secondary N) is 1. The maximum atomic E-state index is 12.3. The maximum Gasteiger partial charge on any atom is 0.303 e. The van der Waals surface area contributed by atoms with Crippen molar-refractivity contribution in [2.75, 3.05) is 33.2 Å². The number of aliphatic carboxylic acids is 2. The molecule has 3 heterocycles. The number of likely N-dealkylation sites (N-methyl/N-ethyl adjacent to an activating group) is 1. The van der Waals surface area contributed by atoms with E-state index >= 15 is 0 Å². The number of likely N-dealkylation sites (tertiary alicyclic amines) is 2. The van der Waals surface area contributed by atoms with Gasteiger partial charge in [-0.3, -0.25) is 19.3 Å². The zero-order chi connectivity index (χ0) is 22.4. The second-order valence-electron chi connectivity index (χ2n) is 8.02. The van der Waals surface area contributed by atoms with Gasteiger partial charge in [-0.05, 0) is 37.4 Å². The molecule has 2 bridgehead atoms. The summed E-state index contributed by atoms with van der Waals surface area (Å²) in [6.45, 7) is 4.27. The van der Waals surface area contributed by atoms with E-state index in [4.69, 9.17) is 10.2 Å². The fourth-order valence-corrected chi connectivity index (χ4v) is 5.08. The Labute approximate surface area is 185 Å². The summed E-state index contributed by atoms with van der Waals surface area (Å²) in [4.78, 5) is 37.4. The quantitative estimate of drug-likeness (QED) is 0.533. The number of carboxylic acid groups (broad SMARTS) is 2. The van der Waals surface area contributed by atoms with Crippen LogP contribution in [0.15, 0.2) is 30.3 Å². The molecule has 2 saturated heterocycles. The summed E-state index contributed by atoms with van der Waals surface area (Å²) in [6.07, 6.45) is 1.76. The van der Waals surface area contributed by atoms with E-state index in [9.17, 15) is 14.4 Å². The molecule has 1 aromatic heterocycles. The second-order valence-corrected chi connectivity index (χ2v) is 9.11. The van der Waals surface area contributed by atoms with Crippen LogP contribution in [0.25, 0.3) is 10.1 Å². The molecule has 4 rings (SSSR count). The van der Waals surface area contributed by atoms with Crippen molar-refractivity contribution in [1.82, 2.24) is 15.1 Å². The van der Waals surface area contributed by atoms with Gasteiger partial charge in [0.05, 0.1) is 17.7 Å². The van der Waals surface area contributed by atoms with Gasteiger partial charge >= 0.3 is 11.9 Å². The third kappa shape index (κ3) is 6.49. The lowest BCUT2D eigenvalue weighted by atomic mass is 10.2. The first-order chi connectivity index (χ1) is 14.8. The van der Waals surface area contributed by atoms with Gasteiger partial charge in [-0.15, -0.1) is 11.3 Å². The van der Waals surface area contributed by atoms with Crippen molar-refractivity contribution in [3.63, 3.8) is 0 Å². The van der Waals surface area contributed by atoms with Gasteiger partial charge in [0.15, 0.2) is 0 Å². The number of carbonyl (C=O) groups is 3. The lowest BCUT2D eigenvalue weighted by Gasteiger charge is -2.31. The third-order valence-corrected chi connectivity index (χ3v) is 6.85. The number of carboxylic acids is 2. The van der Waals surface area contributed by atoms with Crippen LogP contribution in [0, 0.1) is 0 Å². The highest BCUT2D eigenvalue weighted by Gasteiger charge is 2.40. The number of rotatable bonds is 8. The number of fused-ring (bicyclic) bond motifs is 3. The fraction of sp³-hybridized carbons (Fsp3) is 0.500. The fourth-order valence-electron chi connectivity index (χ4n) is 4.10. The van der Waals surface area contributed by atoms with Crippen LogP contribution in [0.4, 0.5) is 0 Å². The lowest BCUT2D eigenvalue weighted by Crippen LogP contribution is -2.45. The highest BCUT2D eigenvalue weighted by Crippen LogP contribution is 2.29. The molecule has 2 atom stereocenters. The minimum atomic E-state index is -1.08. The Bertz CT molecular complexity index is 882. The normalized spacial score (nSPS) is 20.4. The number of thiophene rings is 1. The predicted octanol–water partition coefficient (Wildman–Crippen LogP) is 2.35. The predicted molar refractivity (Wildman–Crippen MR) is 120 cm³/mol. The average Bonchev–Trinajstić information content (AvgIpc) is 3.43. The average molecular weight is 448 g/mol. The zero-order valence-electron chi connectivity index (χ0n) is 17.6. The van der Waals surface area contributed by atoms with Crippen LogP contribution in [0.5, 0.6) is 0 Å². The Morgan fingerprint density at radius 3 is 2.39 bits per heavy atom. The molecule has 0 radical (unpaired) electrons. The van der Waals surface area contributed by atoms with Gasteiger partial charge < -0.3 is 20.4 Å². The first-order valence-corrected chi connectivity index (χ1v) is 11.3. The van der Waals surface area contributed by atoms with Gasteiger partial charge in [0.25, 0.3) is 5.91 Å². The number of hydrogen-bond acceptors (Lipinski definition) is 6. The summed E-state index contributed by atoms with van der Waals surface area (Å²) >= 11 is 1.57. The van der Waals surface area contributed by atoms with Crippen molar-refractivity contribution in [1.29, 1.82) is 0 Å². The molecule has 2 fully saturated rings. The summed E-state index contributed by atoms with van der Waals surface area (Å²) in [7, 11) is 2.23. The van der Waals surface area contributed by atoms with Crippen LogP contribution in [0.3, 0.4) is 0 Å². The number of amides is 1. The van der Waals surface area contributed by atoms with Crippen LogP contribution in [-0.4, -0.2) is 83.2 Å².